The number of fused-ring (bicyclic) bond motifs is 1. The molecule has 3 rings (SSSR count). The number of Topliss-reactive ketones (excluding diaryl/α,β-unsaturated/α-hetero) is 1. The smallest absolute Gasteiger partial charge is 0.163 e. The Bertz CT molecular complexity index is 649. The standard InChI is InChI=1S/C18H17FOS/c19-16-7-4-14(5-8-16)18(20)10-11-21-17-9-6-13-2-1-3-15(13)12-17/h4-9,12H,1-3,10-11H2. The Morgan fingerprint density at radius 3 is 2.62 bits per heavy atom. The van der Waals surface area contributed by atoms with Gasteiger partial charge >= 0.3 is 0 Å². The summed E-state index contributed by atoms with van der Waals surface area (Å²) in [4.78, 5) is 13.2. The van der Waals surface area contributed by atoms with Gasteiger partial charge in [-0.1, -0.05) is 6.07 Å². The molecule has 0 bridgehead atoms. The molecule has 0 heterocycles. The van der Waals surface area contributed by atoms with Gasteiger partial charge in [0.2, 0.25) is 0 Å². The molecular formula is C18H17FOS. The maximum Gasteiger partial charge on any atom is 0.163 e. The number of rotatable bonds is 5. The molecule has 2 aromatic rings. The van der Waals surface area contributed by atoms with Crippen LogP contribution in [0.5, 0.6) is 0 Å². The van der Waals surface area contributed by atoms with E-state index in [2.05, 4.69) is 18.2 Å². The molecule has 0 aromatic heterocycles. The van der Waals surface area contributed by atoms with Crippen molar-refractivity contribution in [2.75, 3.05) is 5.75 Å². The molecule has 0 unspecified atom stereocenters. The van der Waals surface area contributed by atoms with Crippen LogP contribution in [0.3, 0.4) is 0 Å². The van der Waals surface area contributed by atoms with Crippen molar-refractivity contribution in [3.8, 4) is 0 Å². The number of thioether (sulfide) groups is 1. The summed E-state index contributed by atoms with van der Waals surface area (Å²) in [5, 5.41) is 0. The van der Waals surface area contributed by atoms with Crippen LogP contribution in [0.2, 0.25) is 0 Å². The molecule has 0 aliphatic heterocycles. The quantitative estimate of drug-likeness (QED) is 0.589. The zero-order chi connectivity index (χ0) is 14.7. The van der Waals surface area contributed by atoms with Gasteiger partial charge in [0.1, 0.15) is 5.82 Å². The number of aryl methyl sites for hydroxylation is 2. The van der Waals surface area contributed by atoms with Crippen LogP contribution >= 0.6 is 11.8 Å². The number of hydrogen-bond donors (Lipinski definition) is 0. The van der Waals surface area contributed by atoms with E-state index in [9.17, 15) is 9.18 Å². The number of carbonyl (C=O) groups excluding carboxylic acids is 1. The Morgan fingerprint density at radius 1 is 1.05 bits per heavy atom. The van der Waals surface area contributed by atoms with E-state index in [1.54, 1.807) is 23.9 Å². The minimum Gasteiger partial charge on any atom is -0.294 e. The minimum atomic E-state index is -0.306. The average Bonchev–Trinajstić information content (AvgIpc) is 2.95. The van der Waals surface area contributed by atoms with E-state index in [-0.39, 0.29) is 11.6 Å². The minimum absolute atomic E-state index is 0.0728. The maximum atomic E-state index is 12.8. The Balaban J connectivity index is 1.54. The molecule has 0 atom stereocenters. The van der Waals surface area contributed by atoms with E-state index in [0.717, 1.165) is 5.75 Å². The highest BCUT2D eigenvalue weighted by Crippen LogP contribution is 2.28. The van der Waals surface area contributed by atoms with Crippen LogP contribution in [0.25, 0.3) is 0 Å². The zero-order valence-corrected chi connectivity index (χ0v) is 12.6. The fourth-order valence-electron chi connectivity index (χ4n) is 2.68. The Morgan fingerprint density at radius 2 is 1.81 bits per heavy atom. The molecule has 0 saturated heterocycles. The Hall–Kier alpha value is -1.61. The molecule has 0 spiro atoms. The summed E-state index contributed by atoms with van der Waals surface area (Å²) in [7, 11) is 0. The van der Waals surface area contributed by atoms with Gasteiger partial charge in [-0.25, -0.2) is 4.39 Å². The number of ketones is 1. The first kappa shape index (κ1) is 14.3. The molecule has 0 radical (unpaired) electrons. The summed E-state index contributed by atoms with van der Waals surface area (Å²) >= 11 is 1.72. The summed E-state index contributed by atoms with van der Waals surface area (Å²) in [6.07, 6.45) is 4.11. The van der Waals surface area contributed by atoms with Crippen molar-refractivity contribution in [3.63, 3.8) is 0 Å². The van der Waals surface area contributed by atoms with Gasteiger partial charge in [0.15, 0.2) is 5.78 Å². The van der Waals surface area contributed by atoms with E-state index >= 15 is 0 Å². The molecule has 3 heteroatoms. The number of benzene rings is 2. The van der Waals surface area contributed by atoms with Crippen LogP contribution in [0.4, 0.5) is 4.39 Å². The molecule has 1 aliphatic carbocycles. The number of carbonyl (C=O) groups is 1. The fraction of sp³-hybridized carbons (Fsp3) is 0.278. The van der Waals surface area contributed by atoms with Crippen LogP contribution in [-0.2, 0) is 12.8 Å². The van der Waals surface area contributed by atoms with E-state index < -0.39 is 0 Å². The highest BCUT2D eigenvalue weighted by molar-refractivity contribution is 7.99. The summed E-state index contributed by atoms with van der Waals surface area (Å²) in [6.45, 7) is 0. The highest BCUT2D eigenvalue weighted by atomic mass is 32.2. The van der Waals surface area contributed by atoms with Crippen LogP contribution < -0.4 is 0 Å². The van der Waals surface area contributed by atoms with Gasteiger partial charge in [-0.15, -0.1) is 11.8 Å². The van der Waals surface area contributed by atoms with Gasteiger partial charge in [0, 0.05) is 22.6 Å². The van der Waals surface area contributed by atoms with Crippen molar-refractivity contribution in [3.05, 3.63) is 65.0 Å². The zero-order valence-electron chi connectivity index (χ0n) is 11.8. The average molecular weight is 300 g/mol. The van der Waals surface area contributed by atoms with E-state index in [4.69, 9.17) is 0 Å². The second kappa shape index (κ2) is 6.44. The van der Waals surface area contributed by atoms with Crippen molar-refractivity contribution in [2.24, 2.45) is 0 Å². The van der Waals surface area contributed by atoms with Gasteiger partial charge < -0.3 is 0 Å². The lowest BCUT2D eigenvalue weighted by Crippen LogP contribution is -2.00. The normalized spacial score (nSPS) is 13.2. The third-order valence-corrected chi connectivity index (χ3v) is 4.83. The molecular weight excluding hydrogens is 283 g/mol. The third kappa shape index (κ3) is 3.53. The lowest BCUT2D eigenvalue weighted by atomic mass is 10.1. The molecule has 21 heavy (non-hydrogen) atoms. The van der Waals surface area contributed by atoms with Crippen LogP contribution in [0.15, 0.2) is 47.4 Å². The second-order valence-corrected chi connectivity index (χ2v) is 6.48. The molecule has 108 valence electrons. The molecule has 1 nitrogen and oxygen atoms in total. The molecule has 0 fully saturated rings. The fourth-order valence-corrected chi connectivity index (χ4v) is 3.59. The summed E-state index contributed by atoms with van der Waals surface area (Å²) in [5.74, 6) is 0.525. The van der Waals surface area contributed by atoms with Gasteiger partial charge in [0.05, 0.1) is 0 Å². The van der Waals surface area contributed by atoms with Crippen molar-refractivity contribution in [1.29, 1.82) is 0 Å². The van der Waals surface area contributed by atoms with Crippen molar-refractivity contribution in [2.45, 2.75) is 30.6 Å². The molecule has 1 aliphatic rings. The van der Waals surface area contributed by atoms with Gasteiger partial charge in [-0.05, 0) is 66.8 Å². The first-order chi connectivity index (χ1) is 10.2. The Labute approximate surface area is 128 Å². The molecule has 0 saturated carbocycles. The van der Waals surface area contributed by atoms with Gasteiger partial charge in [-0.3, -0.25) is 4.79 Å². The lowest BCUT2D eigenvalue weighted by molar-refractivity contribution is 0.0989. The topological polar surface area (TPSA) is 17.1 Å². The number of halogens is 1. The predicted molar refractivity (Wildman–Crippen MR) is 84.5 cm³/mol. The third-order valence-electron chi connectivity index (χ3n) is 3.83. The van der Waals surface area contributed by atoms with Crippen molar-refractivity contribution in [1.82, 2.24) is 0 Å². The van der Waals surface area contributed by atoms with Crippen LogP contribution in [0, 0.1) is 5.82 Å². The highest BCUT2D eigenvalue weighted by Gasteiger charge is 2.11. The van der Waals surface area contributed by atoms with Crippen molar-refractivity contribution < 1.29 is 9.18 Å². The lowest BCUT2D eigenvalue weighted by Gasteiger charge is -2.05. The Kier molecular flexibility index (Phi) is 4.39. The van der Waals surface area contributed by atoms with Crippen molar-refractivity contribution >= 4 is 17.5 Å². The van der Waals surface area contributed by atoms with E-state index in [1.165, 1.54) is 47.4 Å². The van der Waals surface area contributed by atoms with Crippen LogP contribution in [0.1, 0.15) is 34.3 Å². The first-order valence-corrected chi connectivity index (χ1v) is 8.24. The SMILES string of the molecule is O=C(CCSc1ccc2c(c1)CCC2)c1ccc(F)cc1. The monoisotopic (exact) mass is 300 g/mol. The summed E-state index contributed by atoms with van der Waals surface area (Å²) in [6, 6.07) is 12.4. The molecule has 0 amide bonds. The first-order valence-electron chi connectivity index (χ1n) is 7.26. The van der Waals surface area contributed by atoms with E-state index in [1.807, 2.05) is 0 Å². The molecule has 2 aromatic carbocycles. The predicted octanol–water partition coefficient (Wildman–Crippen LogP) is 4.68. The number of hydrogen-bond acceptors (Lipinski definition) is 2. The van der Waals surface area contributed by atoms with Crippen LogP contribution in [-0.4, -0.2) is 11.5 Å². The van der Waals surface area contributed by atoms with Gasteiger partial charge in [0.25, 0.3) is 0 Å². The summed E-state index contributed by atoms with van der Waals surface area (Å²) < 4.78 is 12.8. The maximum absolute atomic E-state index is 12.8. The largest absolute Gasteiger partial charge is 0.294 e. The second-order valence-electron chi connectivity index (χ2n) is 5.31. The summed E-state index contributed by atoms with van der Waals surface area (Å²) in [5.41, 5.74) is 3.53. The van der Waals surface area contributed by atoms with E-state index in [0.29, 0.717) is 12.0 Å². The molecule has 0 N–H and O–H groups in total. The van der Waals surface area contributed by atoms with Gasteiger partial charge in [-0.2, -0.15) is 0 Å².